The van der Waals surface area contributed by atoms with Gasteiger partial charge in [0.15, 0.2) is 0 Å². The summed E-state index contributed by atoms with van der Waals surface area (Å²) in [7, 11) is 3.39. The topological polar surface area (TPSA) is 113 Å². The van der Waals surface area contributed by atoms with Crippen LogP contribution in [-0.2, 0) is 6.42 Å². The van der Waals surface area contributed by atoms with E-state index in [0.29, 0.717) is 30.3 Å². The van der Waals surface area contributed by atoms with Crippen molar-refractivity contribution < 1.29 is 4.79 Å². The molecule has 0 unspecified atom stereocenters. The van der Waals surface area contributed by atoms with Crippen molar-refractivity contribution in [2.45, 2.75) is 6.42 Å². The molecule has 2 aromatic heterocycles. The van der Waals surface area contributed by atoms with Gasteiger partial charge in [-0.05, 0) is 12.1 Å². The van der Waals surface area contributed by atoms with Crippen LogP contribution in [0.5, 0.6) is 0 Å². The molecule has 0 aliphatic heterocycles. The van der Waals surface area contributed by atoms with Gasteiger partial charge in [0.1, 0.15) is 17.3 Å². The van der Waals surface area contributed by atoms with Gasteiger partial charge in [0.2, 0.25) is 5.95 Å². The third-order valence-electron chi connectivity index (χ3n) is 2.59. The van der Waals surface area contributed by atoms with Crippen LogP contribution in [0.2, 0.25) is 0 Å². The first-order chi connectivity index (χ1) is 9.56. The molecule has 0 aliphatic rings. The van der Waals surface area contributed by atoms with Crippen LogP contribution in [-0.4, -0.2) is 51.6 Å². The molecule has 0 bridgehead atoms. The molecule has 8 heteroatoms. The Morgan fingerprint density at radius 2 is 2.20 bits per heavy atom. The molecule has 0 aromatic carbocycles. The fourth-order valence-electron chi connectivity index (χ4n) is 1.61. The van der Waals surface area contributed by atoms with Crippen molar-refractivity contribution in [2.75, 3.05) is 31.7 Å². The Bertz CT molecular complexity index is 593. The summed E-state index contributed by atoms with van der Waals surface area (Å²) in [6.07, 6.45) is 0.637. The van der Waals surface area contributed by atoms with E-state index in [1.807, 2.05) is 0 Å². The summed E-state index contributed by atoms with van der Waals surface area (Å²) in [5.41, 5.74) is 5.82. The Morgan fingerprint density at radius 1 is 1.40 bits per heavy atom. The minimum absolute atomic E-state index is 0.128. The predicted molar refractivity (Wildman–Crippen MR) is 75.2 cm³/mol. The number of carbonyl (C=O) groups excluding carboxylic acids is 1. The highest BCUT2D eigenvalue weighted by atomic mass is 16.2. The average Bonchev–Trinajstić information content (AvgIpc) is 2.84. The van der Waals surface area contributed by atoms with Gasteiger partial charge in [-0.15, -0.1) is 5.10 Å². The second kappa shape index (κ2) is 6.00. The van der Waals surface area contributed by atoms with E-state index < -0.39 is 0 Å². The molecule has 106 valence electrons. The maximum Gasteiger partial charge on any atom is 0.272 e. The van der Waals surface area contributed by atoms with E-state index in [-0.39, 0.29) is 11.9 Å². The smallest absolute Gasteiger partial charge is 0.272 e. The summed E-state index contributed by atoms with van der Waals surface area (Å²) in [5.74, 6) is 1.45. The van der Waals surface area contributed by atoms with Crippen LogP contribution in [0.1, 0.15) is 16.3 Å². The minimum Gasteiger partial charge on any atom is -0.370 e. The number of hydrogen-bond acceptors (Lipinski definition) is 6. The molecule has 0 atom stereocenters. The molecule has 2 aromatic rings. The van der Waals surface area contributed by atoms with E-state index in [0.717, 1.165) is 0 Å². The number of H-pyrrole nitrogens is 1. The highest BCUT2D eigenvalue weighted by Crippen LogP contribution is 2.06. The van der Waals surface area contributed by atoms with Crippen LogP contribution in [0.3, 0.4) is 0 Å². The van der Waals surface area contributed by atoms with Crippen LogP contribution in [0.4, 0.5) is 11.8 Å². The maximum atomic E-state index is 11.8. The normalized spacial score (nSPS) is 10.3. The molecule has 0 saturated carbocycles. The van der Waals surface area contributed by atoms with Gasteiger partial charge in [-0.25, -0.2) is 4.98 Å². The molecular weight excluding hydrogens is 258 g/mol. The molecule has 2 heterocycles. The van der Waals surface area contributed by atoms with Crippen LogP contribution < -0.4 is 11.1 Å². The van der Waals surface area contributed by atoms with E-state index in [9.17, 15) is 4.79 Å². The second-order valence-corrected chi connectivity index (χ2v) is 4.42. The lowest BCUT2D eigenvalue weighted by Crippen LogP contribution is -2.23. The molecular formula is C12H17N7O. The number of aromatic nitrogens is 4. The van der Waals surface area contributed by atoms with Gasteiger partial charge >= 0.3 is 0 Å². The first-order valence-electron chi connectivity index (χ1n) is 6.15. The third-order valence-corrected chi connectivity index (χ3v) is 2.59. The lowest BCUT2D eigenvalue weighted by Gasteiger charge is -2.10. The van der Waals surface area contributed by atoms with Crippen molar-refractivity contribution in [3.63, 3.8) is 0 Å². The van der Waals surface area contributed by atoms with Gasteiger partial charge in [0.25, 0.3) is 5.91 Å². The van der Waals surface area contributed by atoms with Crippen LogP contribution in [0, 0.1) is 0 Å². The zero-order valence-corrected chi connectivity index (χ0v) is 11.4. The van der Waals surface area contributed by atoms with Gasteiger partial charge in [-0.3, -0.25) is 9.89 Å². The van der Waals surface area contributed by atoms with Crippen molar-refractivity contribution in [3.05, 3.63) is 29.7 Å². The molecule has 0 aliphatic carbocycles. The first-order valence-corrected chi connectivity index (χ1v) is 6.15. The highest BCUT2D eigenvalue weighted by Gasteiger charge is 2.09. The largest absolute Gasteiger partial charge is 0.370 e. The van der Waals surface area contributed by atoms with E-state index in [1.165, 1.54) is 4.90 Å². The number of nitrogen functional groups attached to an aromatic ring is 1. The Morgan fingerprint density at radius 3 is 2.85 bits per heavy atom. The van der Waals surface area contributed by atoms with E-state index in [2.05, 4.69) is 25.5 Å². The Kier molecular flexibility index (Phi) is 4.14. The lowest BCUT2D eigenvalue weighted by atomic mass is 10.3. The van der Waals surface area contributed by atoms with Crippen molar-refractivity contribution in [2.24, 2.45) is 0 Å². The van der Waals surface area contributed by atoms with Crippen molar-refractivity contribution in [1.29, 1.82) is 0 Å². The summed E-state index contributed by atoms with van der Waals surface area (Å²) in [5, 5.41) is 9.60. The number of amides is 1. The lowest BCUT2D eigenvalue weighted by molar-refractivity contribution is 0.0822. The molecule has 0 saturated heterocycles. The summed E-state index contributed by atoms with van der Waals surface area (Å²) in [6.45, 7) is 0.612. The number of anilines is 2. The number of rotatable bonds is 5. The SMILES string of the molecule is CN(C)C(=O)c1cccc(NCCc2nc(N)n[nH]2)n1. The quantitative estimate of drug-likeness (QED) is 0.715. The summed E-state index contributed by atoms with van der Waals surface area (Å²) >= 11 is 0. The van der Waals surface area contributed by atoms with Gasteiger partial charge in [0, 0.05) is 27.1 Å². The molecule has 8 nitrogen and oxygen atoms in total. The molecule has 20 heavy (non-hydrogen) atoms. The standard InChI is InChI=1S/C12H17N7O/c1-19(2)11(20)8-4-3-5-9(15-8)14-7-6-10-16-12(13)18-17-10/h3-5H,6-7H2,1-2H3,(H,14,15)(H3,13,16,17,18). The monoisotopic (exact) mass is 275 g/mol. The van der Waals surface area contributed by atoms with Gasteiger partial charge in [-0.2, -0.15) is 4.98 Å². The van der Waals surface area contributed by atoms with Gasteiger partial charge in [0.05, 0.1) is 0 Å². The second-order valence-electron chi connectivity index (χ2n) is 4.42. The minimum atomic E-state index is -0.128. The fourth-order valence-corrected chi connectivity index (χ4v) is 1.61. The van der Waals surface area contributed by atoms with Crippen LogP contribution >= 0.6 is 0 Å². The number of carbonyl (C=O) groups is 1. The number of nitrogens with one attached hydrogen (secondary N) is 2. The first kappa shape index (κ1) is 13.8. The number of hydrogen-bond donors (Lipinski definition) is 3. The van der Waals surface area contributed by atoms with Crippen molar-refractivity contribution in [3.8, 4) is 0 Å². The zero-order valence-electron chi connectivity index (χ0n) is 11.4. The molecule has 4 N–H and O–H groups in total. The molecule has 1 amide bonds. The number of nitrogens with zero attached hydrogens (tertiary/aromatic N) is 4. The maximum absolute atomic E-state index is 11.8. The highest BCUT2D eigenvalue weighted by molar-refractivity contribution is 5.92. The number of aromatic amines is 1. The van der Waals surface area contributed by atoms with E-state index >= 15 is 0 Å². The molecule has 2 rings (SSSR count). The van der Waals surface area contributed by atoms with E-state index in [1.54, 1.807) is 32.3 Å². The van der Waals surface area contributed by atoms with Crippen LogP contribution in [0.25, 0.3) is 0 Å². The zero-order chi connectivity index (χ0) is 14.5. The van der Waals surface area contributed by atoms with Gasteiger partial charge < -0.3 is 16.0 Å². The molecule has 0 radical (unpaired) electrons. The Hall–Kier alpha value is -2.64. The van der Waals surface area contributed by atoms with E-state index in [4.69, 9.17) is 5.73 Å². The predicted octanol–water partition coefficient (Wildman–Crippen LogP) is 0.138. The Labute approximate surface area is 116 Å². The van der Waals surface area contributed by atoms with Crippen LogP contribution in [0.15, 0.2) is 18.2 Å². The average molecular weight is 275 g/mol. The third kappa shape index (κ3) is 3.44. The van der Waals surface area contributed by atoms with Gasteiger partial charge in [-0.1, -0.05) is 6.07 Å². The number of nitrogens with two attached hydrogens (primary N) is 1. The fraction of sp³-hybridized carbons (Fsp3) is 0.333. The van der Waals surface area contributed by atoms with Crippen molar-refractivity contribution >= 4 is 17.7 Å². The molecule has 0 fully saturated rings. The van der Waals surface area contributed by atoms with Crippen molar-refractivity contribution in [1.82, 2.24) is 25.1 Å². The summed E-state index contributed by atoms with van der Waals surface area (Å²) < 4.78 is 0. The summed E-state index contributed by atoms with van der Waals surface area (Å²) in [6, 6.07) is 5.28. The Balaban J connectivity index is 1.93. The number of pyridine rings is 1. The summed E-state index contributed by atoms with van der Waals surface area (Å²) in [4.78, 5) is 21.5. The molecule has 0 spiro atoms.